The molecule has 0 spiro atoms. The highest BCUT2D eigenvalue weighted by atomic mass is 15.5. The number of nitrogen functional groups attached to an aromatic ring is 3. The van der Waals surface area contributed by atoms with E-state index in [1.807, 2.05) is 13.8 Å². The Hall–Kier alpha value is -3.59. The van der Waals surface area contributed by atoms with Gasteiger partial charge in [0, 0.05) is 7.05 Å². The summed E-state index contributed by atoms with van der Waals surface area (Å²) in [5.74, 6) is 11.7. The van der Waals surface area contributed by atoms with Crippen LogP contribution in [0.5, 0.6) is 0 Å². The van der Waals surface area contributed by atoms with Crippen molar-refractivity contribution in [3.05, 3.63) is 5.57 Å². The Morgan fingerprint density at radius 1 is 1.12 bits per heavy atom. The van der Waals surface area contributed by atoms with Gasteiger partial charge in [-0.05, 0) is 19.4 Å². The van der Waals surface area contributed by atoms with E-state index in [0.29, 0.717) is 5.82 Å². The number of nitrogens with one attached hydrogen (secondary N) is 4. The van der Waals surface area contributed by atoms with Crippen LogP contribution in [0.2, 0.25) is 0 Å². The molecule has 2 aromatic rings. The number of H-pyrrole nitrogens is 1. The van der Waals surface area contributed by atoms with Crippen molar-refractivity contribution in [3.8, 4) is 0 Å². The molecule has 0 aliphatic heterocycles. The molecule has 15 nitrogen and oxygen atoms in total. The first-order valence-electron chi connectivity index (χ1n) is 6.90. The number of rotatable bonds is 5. The maximum absolute atomic E-state index is 5.81. The minimum absolute atomic E-state index is 0.0960. The van der Waals surface area contributed by atoms with Crippen LogP contribution < -0.4 is 33.6 Å². The molecular weight excluding hydrogens is 330 g/mol. The number of anilines is 4. The molecule has 0 saturated carbocycles. The molecule has 134 valence electrons. The van der Waals surface area contributed by atoms with Gasteiger partial charge in [0.05, 0.1) is 0 Å². The first-order valence-corrected chi connectivity index (χ1v) is 6.90. The number of hydrogen-bond acceptors (Lipinski definition) is 11. The summed E-state index contributed by atoms with van der Waals surface area (Å²) < 4.78 is 1.30. The zero-order chi connectivity index (χ0) is 18.4. The van der Waals surface area contributed by atoms with Crippen LogP contribution in [-0.4, -0.2) is 43.0 Å². The molecule has 0 aromatic carbocycles. The van der Waals surface area contributed by atoms with E-state index in [-0.39, 0.29) is 29.8 Å². The molecule has 0 unspecified atom stereocenters. The van der Waals surface area contributed by atoms with Crippen LogP contribution in [0.25, 0.3) is 5.82 Å². The molecule has 2 aromatic heterocycles. The Balaban J connectivity index is 2.22. The van der Waals surface area contributed by atoms with Crippen LogP contribution in [0.3, 0.4) is 0 Å². The molecule has 25 heavy (non-hydrogen) atoms. The average molecular weight is 349 g/mol. The Morgan fingerprint density at radius 2 is 1.88 bits per heavy atom. The molecule has 0 saturated heterocycles. The zero-order valence-electron chi connectivity index (χ0n) is 13.8. The van der Waals surface area contributed by atoms with Crippen molar-refractivity contribution in [3.63, 3.8) is 0 Å². The summed E-state index contributed by atoms with van der Waals surface area (Å²) in [6.07, 6.45) is 0. The number of nitrogens with zero attached hydrogens (tertiary/aromatic N) is 8. The normalized spacial score (nSPS) is 11.6. The molecule has 15 heteroatoms. The van der Waals surface area contributed by atoms with Crippen LogP contribution >= 0.6 is 0 Å². The van der Waals surface area contributed by atoms with Gasteiger partial charge in [-0.2, -0.15) is 14.6 Å². The van der Waals surface area contributed by atoms with Gasteiger partial charge in [-0.15, -0.1) is 20.4 Å². The predicted octanol–water partition coefficient (Wildman–Crippen LogP) is -0.692. The van der Waals surface area contributed by atoms with Gasteiger partial charge < -0.3 is 5.73 Å². The van der Waals surface area contributed by atoms with Crippen LogP contribution in [0.1, 0.15) is 13.8 Å². The summed E-state index contributed by atoms with van der Waals surface area (Å²) in [6.45, 7) is 3.63. The largest absolute Gasteiger partial charge is 0.368 e. The van der Waals surface area contributed by atoms with Gasteiger partial charge in [0.2, 0.25) is 17.9 Å². The van der Waals surface area contributed by atoms with E-state index in [4.69, 9.17) is 17.4 Å². The molecular formula is C10H19N15. The fraction of sp³-hybridized carbons (Fsp3) is 0.300. The Bertz CT molecular complexity index is 804. The van der Waals surface area contributed by atoms with E-state index in [2.05, 4.69) is 56.7 Å². The lowest BCUT2D eigenvalue weighted by Gasteiger charge is -2.05. The van der Waals surface area contributed by atoms with Gasteiger partial charge in [0.25, 0.3) is 11.9 Å². The zero-order valence-corrected chi connectivity index (χ0v) is 13.8. The third-order valence-electron chi connectivity index (χ3n) is 2.71. The number of aliphatic imine (C=N–C) groups is 1. The van der Waals surface area contributed by atoms with Gasteiger partial charge in [-0.1, -0.05) is 0 Å². The van der Waals surface area contributed by atoms with E-state index in [9.17, 15) is 0 Å². The third kappa shape index (κ3) is 4.24. The lowest BCUT2D eigenvalue weighted by atomic mass is 10.3. The van der Waals surface area contributed by atoms with Gasteiger partial charge in [-0.3, -0.25) is 21.2 Å². The van der Waals surface area contributed by atoms with Crippen molar-refractivity contribution in [2.45, 2.75) is 13.8 Å². The van der Waals surface area contributed by atoms with Crippen LogP contribution in [0.15, 0.2) is 20.8 Å². The smallest absolute Gasteiger partial charge is 0.258 e. The van der Waals surface area contributed by atoms with Gasteiger partial charge >= 0.3 is 0 Å². The standard InChI is InChI=1S/C10H19N15/c1-4(2)5(25-6(11)15-10(19-13)24-25)20-21-7(14-3)16-8-17-9(18-12)23-22-8/h12-13H2,1-3H3,(H3,11,15,19,24)(H3,14,16,17,18,22,23)/b21-20-. The van der Waals surface area contributed by atoms with Crippen LogP contribution in [-0.2, 0) is 0 Å². The van der Waals surface area contributed by atoms with E-state index < -0.39 is 0 Å². The summed E-state index contributed by atoms with van der Waals surface area (Å²) in [5, 5.41) is 21.4. The maximum atomic E-state index is 5.81. The SMILES string of the molecule is CN=C(/N=N\C(=C(C)C)n1nc(NN)nc1N)Nc1n[nH]c(NN)n1. The fourth-order valence-corrected chi connectivity index (χ4v) is 1.60. The number of nitrogens with two attached hydrogens (primary N) is 3. The monoisotopic (exact) mass is 349 g/mol. The molecule has 0 fully saturated rings. The van der Waals surface area contributed by atoms with Crippen molar-refractivity contribution in [1.82, 2.24) is 29.9 Å². The molecule has 2 rings (SSSR count). The number of hydrogen-bond donors (Lipinski definition) is 7. The summed E-state index contributed by atoms with van der Waals surface area (Å²) in [5.41, 5.74) is 11.2. The molecule has 0 amide bonds. The van der Waals surface area contributed by atoms with Crippen molar-refractivity contribution < 1.29 is 0 Å². The van der Waals surface area contributed by atoms with Crippen LogP contribution in [0.4, 0.5) is 23.8 Å². The van der Waals surface area contributed by atoms with Gasteiger partial charge in [-0.25, -0.2) is 16.8 Å². The van der Waals surface area contributed by atoms with Crippen molar-refractivity contribution in [1.29, 1.82) is 0 Å². The predicted molar refractivity (Wildman–Crippen MR) is 92.8 cm³/mol. The molecule has 0 aliphatic rings. The number of aromatic nitrogens is 6. The minimum atomic E-state index is 0.0960. The van der Waals surface area contributed by atoms with E-state index >= 15 is 0 Å². The average Bonchev–Trinajstić information content (AvgIpc) is 3.20. The quantitative estimate of drug-likeness (QED) is 0.118. The summed E-state index contributed by atoms with van der Waals surface area (Å²) in [6, 6.07) is 0. The molecule has 0 aliphatic carbocycles. The molecule has 2 heterocycles. The molecule has 0 atom stereocenters. The van der Waals surface area contributed by atoms with Crippen molar-refractivity contribution in [2.24, 2.45) is 26.9 Å². The molecule has 0 bridgehead atoms. The van der Waals surface area contributed by atoms with E-state index in [1.54, 1.807) is 0 Å². The minimum Gasteiger partial charge on any atom is -0.368 e. The first kappa shape index (κ1) is 17.8. The first-order chi connectivity index (χ1) is 12.0. The number of guanidine groups is 1. The summed E-state index contributed by atoms with van der Waals surface area (Å²) in [7, 11) is 1.53. The second-order valence-corrected chi connectivity index (χ2v) is 4.70. The number of allylic oxidation sites excluding steroid dienone is 1. The number of aromatic amines is 1. The lowest BCUT2D eigenvalue weighted by Crippen LogP contribution is -2.11. The molecule has 0 radical (unpaired) electrons. The topological polar surface area (TPSA) is 224 Å². The summed E-state index contributed by atoms with van der Waals surface area (Å²) >= 11 is 0. The highest BCUT2D eigenvalue weighted by Gasteiger charge is 2.12. The van der Waals surface area contributed by atoms with Crippen molar-refractivity contribution >= 4 is 35.6 Å². The Morgan fingerprint density at radius 3 is 2.40 bits per heavy atom. The second-order valence-electron chi connectivity index (χ2n) is 4.70. The van der Waals surface area contributed by atoms with Gasteiger partial charge in [0.15, 0.2) is 5.82 Å². The number of hydrazine groups is 2. The highest BCUT2D eigenvalue weighted by Crippen LogP contribution is 2.17. The number of azo groups is 1. The van der Waals surface area contributed by atoms with Crippen LogP contribution in [0, 0.1) is 0 Å². The highest BCUT2D eigenvalue weighted by molar-refractivity contribution is 5.92. The van der Waals surface area contributed by atoms with E-state index in [1.165, 1.54) is 11.7 Å². The summed E-state index contributed by atoms with van der Waals surface area (Å²) in [4.78, 5) is 11.9. The third-order valence-corrected chi connectivity index (χ3v) is 2.71. The van der Waals surface area contributed by atoms with E-state index in [0.717, 1.165) is 5.57 Å². The Labute approximate surface area is 141 Å². The fourth-order valence-electron chi connectivity index (χ4n) is 1.60. The second kappa shape index (κ2) is 7.79. The van der Waals surface area contributed by atoms with Crippen molar-refractivity contribution in [2.75, 3.05) is 28.9 Å². The van der Waals surface area contributed by atoms with Gasteiger partial charge in [0.1, 0.15) is 0 Å². The maximum Gasteiger partial charge on any atom is 0.258 e. The molecule has 10 N–H and O–H groups in total. The Kier molecular flexibility index (Phi) is 5.54. The lowest BCUT2D eigenvalue weighted by molar-refractivity contribution is 0.872.